The smallest absolute Gasteiger partial charge is 0.252 e. The van der Waals surface area contributed by atoms with E-state index in [0.29, 0.717) is 22.8 Å². The van der Waals surface area contributed by atoms with Crippen molar-refractivity contribution in [3.05, 3.63) is 75.6 Å². The molecule has 1 amide bonds. The summed E-state index contributed by atoms with van der Waals surface area (Å²) in [6.07, 6.45) is 2.10. The van der Waals surface area contributed by atoms with Crippen LogP contribution in [0.5, 0.6) is 0 Å². The SMILES string of the molecule is C=CCn1c(=NC(=O)Cc2cc(C)ccc2C)sc2cc(Cl)ccc21. The van der Waals surface area contributed by atoms with Crippen LogP contribution in [0.2, 0.25) is 5.02 Å². The third-order valence-electron chi connectivity index (χ3n) is 4.02. The highest BCUT2D eigenvalue weighted by atomic mass is 35.5. The standard InChI is InChI=1S/C20H19ClN2OS/c1-4-9-23-17-8-7-16(21)12-18(17)25-20(23)22-19(24)11-15-10-13(2)5-6-14(15)3/h4-8,10,12H,1,9,11H2,2-3H3. The van der Waals surface area contributed by atoms with E-state index in [1.54, 1.807) is 6.08 Å². The van der Waals surface area contributed by atoms with Crippen LogP contribution in [-0.2, 0) is 17.8 Å². The number of amides is 1. The first-order valence-electron chi connectivity index (χ1n) is 8.01. The summed E-state index contributed by atoms with van der Waals surface area (Å²) in [5.74, 6) is -0.149. The predicted octanol–water partition coefficient (Wildman–Crippen LogP) is 4.83. The minimum atomic E-state index is -0.149. The highest BCUT2D eigenvalue weighted by Crippen LogP contribution is 2.22. The molecule has 0 N–H and O–H groups in total. The van der Waals surface area contributed by atoms with Gasteiger partial charge >= 0.3 is 0 Å². The molecule has 3 aromatic rings. The third kappa shape index (κ3) is 3.91. The Labute approximate surface area is 155 Å². The van der Waals surface area contributed by atoms with Crippen LogP contribution < -0.4 is 4.80 Å². The first kappa shape index (κ1) is 17.6. The summed E-state index contributed by atoms with van der Waals surface area (Å²) in [7, 11) is 0. The topological polar surface area (TPSA) is 34.4 Å². The van der Waals surface area contributed by atoms with Crippen molar-refractivity contribution in [1.29, 1.82) is 0 Å². The minimum absolute atomic E-state index is 0.149. The zero-order valence-electron chi connectivity index (χ0n) is 14.3. The van der Waals surface area contributed by atoms with Gasteiger partial charge in [-0.3, -0.25) is 4.79 Å². The number of rotatable bonds is 4. The van der Waals surface area contributed by atoms with Crippen LogP contribution in [0.25, 0.3) is 10.2 Å². The molecule has 0 aliphatic rings. The molecular formula is C20H19ClN2OS. The summed E-state index contributed by atoms with van der Waals surface area (Å²) in [5, 5.41) is 0.674. The zero-order valence-corrected chi connectivity index (χ0v) is 15.8. The fourth-order valence-corrected chi connectivity index (χ4v) is 4.07. The van der Waals surface area contributed by atoms with E-state index in [2.05, 4.69) is 11.6 Å². The Morgan fingerprint density at radius 3 is 2.84 bits per heavy atom. The second-order valence-corrected chi connectivity index (χ2v) is 7.45. The summed E-state index contributed by atoms with van der Waals surface area (Å²) < 4.78 is 3.00. The zero-order chi connectivity index (χ0) is 18.0. The number of nitrogens with zero attached hydrogens (tertiary/aromatic N) is 2. The molecule has 0 saturated heterocycles. The average Bonchev–Trinajstić information content (AvgIpc) is 2.88. The molecule has 0 bridgehead atoms. The largest absolute Gasteiger partial charge is 0.313 e. The Morgan fingerprint density at radius 2 is 2.08 bits per heavy atom. The van der Waals surface area contributed by atoms with Crippen LogP contribution in [0.4, 0.5) is 0 Å². The lowest BCUT2D eigenvalue weighted by atomic mass is 10.0. The van der Waals surface area contributed by atoms with E-state index in [-0.39, 0.29) is 5.91 Å². The fourth-order valence-electron chi connectivity index (χ4n) is 2.74. The first-order valence-corrected chi connectivity index (χ1v) is 9.21. The monoisotopic (exact) mass is 370 g/mol. The van der Waals surface area contributed by atoms with E-state index in [9.17, 15) is 4.79 Å². The van der Waals surface area contributed by atoms with Gasteiger partial charge in [-0.1, -0.05) is 52.8 Å². The normalized spacial score (nSPS) is 11.9. The lowest BCUT2D eigenvalue weighted by Crippen LogP contribution is -2.17. The van der Waals surface area contributed by atoms with Gasteiger partial charge in [-0.25, -0.2) is 0 Å². The Hall–Kier alpha value is -2.17. The molecule has 0 aliphatic heterocycles. The van der Waals surface area contributed by atoms with Crippen LogP contribution in [0, 0.1) is 13.8 Å². The lowest BCUT2D eigenvalue weighted by molar-refractivity contribution is -0.117. The summed E-state index contributed by atoms with van der Waals surface area (Å²) in [6.45, 7) is 8.44. The number of thiazole rings is 1. The number of aromatic nitrogens is 1. The molecule has 0 spiro atoms. The van der Waals surface area contributed by atoms with E-state index < -0.39 is 0 Å². The molecule has 25 heavy (non-hydrogen) atoms. The average molecular weight is 371 g/mol. The van der Waals surface area contributed by atoms with Gasteiger partial charge in [-0.15, -0.1) is 6.58 Å². The Balaban J connectivity index is 2.02. The van der Waals surface area contributed by atoms with E-state index in [0.717, 1.165) is 26.9 Å². The van der Waals surface area contributed by atoms with Crippen LogP contribution in [-0.4, -0.2) is 10.5 Å². The van der Waals surface area contributed by atoms with Crippen molar-refractivity contribution in [2.75, 3.05) is 0 Å². The number of carbonyl (C=O) groups excluding carboxylic acids is 1. The quantitative estimate of drug-likeness (QED) is 0.606. The number of hydrogen-bond donors (Lipinski definition) is 0. The molecule has 0 saturated carbocycles. The van der Waals surface area contributed by atoms with Crippen LogP contribution in [0.1, 0.15) is 16.7 Å². The minimum Gasteiger partial charge on any atom is -0.313 e. The third-order valence-corrected chi connectivity index (χ3v) is 5.30. The van der Waals surface area contributed by atoms with Crippen LogP contribution in [0.3, 0.4) is 0 Å². The predicted molar refractivity (Wildman–Crippen MR) is 105 cm³/mol. The summed E-state index contributed by atoms with van der Waals surface area (Å²) in [5.41, 5.74) is 4.28. The highest BCUT2D eigenvalue weighted by molar-refractivity contribution is 7.16. The molecular weight excluding hydrogens is 352 g/mol. The molecule has 0 fully saturated rings. The number of halogens is 1. The maximum Gasteiger partial charge on any atom is 0.252 e. The number of hydrogen-bond acceptors (Lipinski definition) is 2. The van der Waals surface area contributed by atoms with Crippen molar-refractivity contribution in [2.24, 2.45) is 4.99 Å². The van der Waals surface area contributed by atoms with Gasteiger partial charge in [-0.05, 0) is 43.2 Å². The molecule has 0 aliphatic carbocycles. The highest BCUT2D eigenvalue weighted by Gasteiger charge is 2.09. The van der Waals surface area contributed by atoms with E-state index in [1.165, 1.54) is 11.3 Å². The van der Waals surface area contributed by atoms with E-state index >= 15 is 0 Å². The molecule has 0 atom stereocenters. The number of carbonyl (C=O) groups is 1. The summed E-state index contributed by atoms with van der Waals surface area (Å²) in [4.78, 5) is 17.6. The van der Waals surface area contributed by atoms with Crippen LogP contribution >= 0.6 is 22.9 Å². The van der Waals surface area contributed by atoms with Gasteiger partial charge in [0.1, 0.15) is 0 Å². The maximum atomic E-state index is 12.5. The number of benzene rings is 2. The lowest BCUT2D eigenvalue weighted by Gasteiger charge is -2.04. The van der Waals surface area contributed by atoms with Crippen molar-refractivity contribution in [2.45, 2.75) is 26.8 Å². The summed E-state index contributed by atoms with van der Waals surface area (Å²) in [6, 6.07) is 11.8. The molecule has 3 nitrogen and oxygen atoms in total. The molecule has 1 aromatic heterocycles. The molecule has 1 heterocycles. The van der Waals surface area contributed by atoms with Gasteiger partial charge in [0.25, 0.3) is 5.91 Å². The molecule has 2 aromatic carbocycles. The first-order chi connectivity index (χ1) is 12.0. The molecule has 5 heteroatoms. The summed E-state index contributed by atoms with van der Waals surface area (Å²) >= 11 is 7.55. The Morgan fingerprint density at radius 1 is 1.28 bits per heavy atom. The van der Waals surface area contributed by atoms with Crippen molar-refractivity contribution >= 4 is 39.1 Å². The van der Waals surface area contributed by atoms with Gasteiger partial charge in [0.15, 0.2) is 4.80 Å². The fraction of sp³-hybridized carbons (Fsp3) is 0.200. The van der Waals surface area contributed by atoms with E-state index in [1.807, 2.05) is 54.8 Å². The van der Waals surface area contributed by atoms with Crippen molar-refractivity contribution in [3.63, 3.8) is 0 Å². The molecule has 0 unspecified atom stereocenters. The Bertz CT molecular complexity index is 1030. The number of aryl methyl sites for hydroxylation is 2. The van der Waals surface area contributed by atoms with Gasteiger partial charge in [0.05, 0.1) is 16.6 Å². The van der Waals surface area contributed by atoms with Crippen molar-refractivity contribution in [1.82, 2.24) is 4.57 Å². The van der Waals surface area contributed by atoms with Gasteiger partial charge in [-0.2, -0.15) is 4.99 Å². The van der Waals surface area contributed by atoms with E-state index in [4.69, 9.17) is 11.6 Å². The van der Waals surface area contributed by atoms with Gasteiger partial charge < -0.3 is 4.57 Å². The van der Waals surface area contributed by atoms with Gasteiger partial charge in [0, 0.05) is 11.6 Å². The second kappa shape index (κ2) is 7.38. The van der Waals surface area contributed by atoms with Crippen LogP contribution in [0.15, 0.2) is 54.0 Å². The molecule has 0 radical (unpaired) electrons. The number of fused-ring (bicyclic) bond motifs is 1. The molecule has 128 valence electrons. The second-order valence-electron chi connectivity index (χ2n) is 6.01. The van der Waals surface area contributed by atoms with Gasteiger partial charge in [0.2, 0.25) is 0 Å². The van der Waals surface area contributed by atoms with Crippen molar-refractivity contribution < 1.29 is 4.79 Å². The Kier molecular flexibility index (Phi) is 5.21. The maximum absolute atomic E-state index is 12.5. The molecule has 3 rings (SSSR count). The van der Waals surface area contributed by atoms with Crippen molar-refractivity contribution in [3.8, 4) is 0 Å². The number of allylic oxidation sites excluding steroid dienone is 1.